The van der Waals surface area contributed by atoms with Crippen molar-refractivity contribution in [3.8, 4) is 0 Å². The van der Waals surface area contributed by atoms with E-state index in [0.717, 1.165) is 23.6 Å². The maximum atomic E-state index is 13.1. The van der Waals surface area contributed by atoms with Crippen LogP contribution in [0, 0.1) is 0 Å². The molecule has 8 heteroatoms. The molecule has 0 spiro atoms. The van der Waals surface area contributed by atoms with Crippen LogP contribution in [0.15, 0.2) is 42.5 Å². The number of piperazine rings is 1. The van der Waals surface area contributed by atoms with Crippen LogP contribution in [0.2, 0.25) is 0 Å². The zero-order chi connectivity index (χ0) is 22.0. The molecule has 32 heavy (non-hydrogen) atoms. The molecule has 4 amide bonds. The summed E-state index contributed by atoms with van der Waals surface area (Å²) in [6, 6.07) is 13.5. The minimum atomic E-state index is -0.939. The molecule has 2 N–H and O–H groups in total. The van der Waals surface area contributed by atoms with E-state index in [1.54, 1.807) is 12.1 Å². The van der Waals surface area contributed by atoms with Crippen molar-refractivity contribution >= 4 is 23.6 Å². The fourth-order valence-corrected chi connectivity index (χ4v) is 5.46. The van der Waals surface area contributed by atoms with Gasteiger partial charge in [0, 0.05) is 38.1 Å². The van der Waals surface area contributed by atoms with E-state index in [4.69, 9.17) is 0 Å². The van der Waals surface area contributed by atoms with Gasteiger partial charge in [0.1, 0.15) is 6.04 Å². The number of carbonyl (C=O) groups is 4. The molecule has 2 saturated heterocycles. The molecule has 4 aliphatic rings. The third-order valence-corrected chi connectivity index (χ3v) is 6.94. The summed E-state index contributed by atoms with van der Waals surface area (Å²) in [6.45, 7) is 2.43. The summed E-state index contributed by atoms with van der Waals surface area (Å²) in [5, 5.41) is 5.89. The molecule has 3 unspecified atom stereocenters. The monoisotopic (exact) mass is 430 g/mol. The van der Waals surface area contributed by atoms with Gasteiger partial charge in [0.2, 0.25) is 11.8 Å². The first kappa shape index (κ1) is 19.3. The first-order valence-corrected chi connectivity index (χ1v) is 10.9. The van der Waals surface area contributed by atoms with Crippen molar-refractivity contribution < 1.29 is 19.2 Å². The molecule has 2 aromatic rings. The number of amides is 4. The van der Waals surface area contributed by atoms with Crippen LogP contribution in [0.5, 0.6) is 0 Å². The van der Waals surface area contributed by atoms with Crippen molar-refractivity contribution in [1.29, 1.82) is 0 Å². The van der Waals surface area contributed by atoms with Gasteiger partial charge in [-0.25, -0.2) is 0 Å². The van der Waals surface area contributed by atoms with Crippen molar-refractivity contribution in [2.45, 2.75) is 37.5 Å². The molecule has 3 atom stereocenters. The predicted molar refractivity (Wildman–Crippen MR) is 113 cm³/mol. The van der Waals surface area contributed by atoms with E-state index in [9.17, 15) is 19.2 Å². The maximum absolute atomic E-state index is 13.1. The summed E-state index contributed by atoms with van der Waals surface area (Å²) in [5.74, 6) is -1.90. The minimum absolute atomic E-state index is 0.114. The van der Waals surface area contributed by atoms with E-state index in [-0.39, 0.29) is 18.7 Å². The number of fused-ring (bicyclic) bond motifs is 6. The number of nitrogens with zero attached hydrogens (tertiary/aromatic N) is 2. The van der Waals surface area contributed by atoms with Crippen LogP contribution in [0.25, 0.3) is 0 Å². The number of imide groups is 2. The van der Waals surface area contributed by atoms with Gasteiger partial charge in [0.15, 0.2) is 0 Å². The summed E-state index contributed by atoms with van der Waals surface area (Å²) in [6.07, 6.45) is 0.274. The topological polar surface area (TPSA) is 98.8 Å². The van der Waals surface area contributed by atoms with Crippen LogP contribution < -0.4 is 10.6 Å². The lowest BCUT2D eigenvalue weighted by molar-refractivity contribution is -0.136. The van der Waals surface area contributed by atoms with Gasteiger partial charge in [-0.15, -0.1) is 0 Å². The molecule has 4 aliphatic heterocycles. The Morgan fingerprint density at radius 3 is 2.25 bits per heavy atom. The summed E-state index contributed by atoms with van der Waals surface area (Å²) >= 11 is 0. The van der Waals surface area contributed by atoms with Gasteiger partial charge in [-0.1, -0.05) is 30.3 Å². The van der Waals surface area contributed by atoms with Crippen LogP contribution in [0.3, 0.4) is 0 Å². The molecular formula is C24H22N4O4. The smallest absolute Gasteiger partial charge is 0.262 e. The van der Waals surface area contributed by atoms with Crippen LogP contribution >= 0.6 is 0 Å². The Balaban J connectivity index is 1.21. The summed E-state index contributed by atoms with van der Waals surface area (Å²) in [5.41, 5.74) is 4.32. The average molecular weight is 430 g/mol. The zero-order valence-electron chi connectivity index (χ0n) is 17.3. The van der Waals surface area contributed by atoms with Crippen LogP contribution in [0.1, 0.15) is 62.3 Å². The lowest BCUT2D eigenvalue weighted by Gasteiger charge is -2.33. The summed E-state index contributed by atoms with van der Waals surface area (Å²) in [7, 11) is 0. The normalized spacial score (nSPS) is 26.9. The minimum Gasteiger partial charge on any atom is -0.301 e. The summed E-state index contributed by atoms with van der Waals surface area (Å²) in [4.78, 5) is 53.0. The average Bonchev–Trinajstić information content (AvgIpc) is 3.19. The third kappa shape index (κ3) is 2.91. The van der Waals surface area contributed by atoms with Crippen LogP contribution in [0.4, 0.5) is 0 Å². The highest BCUT2D eigenvalue weighted by Gasteiger charge is 2.44. The van der Waals surface area contributed by atoms with Crippen molar-refractivity contribution in [2.75, 3.05) is 13.1 Å². The molecule has 0 aromatic heterocycles. The number of nitrogens with one attached hydrogen (secondary N) is 2. The second-order valence-electron chi connectivity index (χ2n) is 8.92. The first-order valence-electron chi connectivity index (χ1n) is 10.9. The molecular weight excluding hydrogens is 408 g/mol. The fourth-order valence-electron chi connectivity index (χ4n) is 5.46. The molecule has 0 radical (unpaired) electrons. The number of rotatable bonds is 3. The highest BCUT2D eigenvalue weighted by atomic mass is 16.2. The van der Waals surface area contributed by atoms with Crippen molar-refractivity contribution in [3.63, 3.8) is 0 Å². The fraction of sp³-hybridized carbons (Fsp3) is 0.333. The molecule has 2 aromatic carbocycles. The van der Waals surface area contributed by atoms with Gasteiger partial charge in [-0.2, -0.15) is 0 Å². The van der Waals surface area contributed by atoms with E-state index in [2.05, 4.69) is 39.8 Å². The van der Waals surface area contributed by atoms with Gasteiger partial charge in [0.05, 0.1) is 11.1 Å². The van der Waals surface area contributed by atoms with Crippen LogP contribution in [-0.2, 0) is 16.1 Å². The number of hydrogen-bond donors (Lipinski definition) is 2. The molecule has 162 valence electrons. The highest BCUT2D eigenvalue weighted by Crippen LogP contribution is 2.38. The maximum Gasteiger partial charge on any atom is 0.262 e. The van der Waals surface area contributed by atoms with Gasteiger partial charge in [-0.3, -0.25) is 34.3 Å². The van der Waals surface area contributed by atoms with E-state index < -0.39 is 23.8 Å². The Labute approximate surface area is 184 Å². The molecule has 4 heterocycles. The Bertz CT molecular complexity index is 1160. The number of carbonyl (C=O) groups excluding carboxylic acids is 4. The van der Waals surface area contributed by atoms with E-state index in [0.29, 0.717) is 29.8 Å². The van der Waals surface area contributed by atoms with E-state index in [1.165, 1.54) is 11.1 Å². The molecule has 2 fully saturated rings. The molecule has 0 aliphatic carbocycles. The Kier molecular flexibility index (Phi) is 4.28. The number of benzene rings is 2. The lowest BCUT2D eigenvalue weighted by Crippen LogP contribution is -2.54. The predicted octanol–water partition coefficient (Wildman–Crippen LogP) is 1.29. The third-order valence-electron chi connectivity index (χ3n) is 6.94. The highest BCUT2D eigenvalue weighted by molar-refractivity contribution is 6.23. The zero-order valence-corrected chi connectivity index (χ0v) is 17.3. The second-order valence-corrected chi connectivity index (χ2v) is 8.92. The summed E-state index contributed by atoms with van der Waals surface area (Å²) < 4.78 is 0. The Morgan fingerprint density at radius 2 is 1.56 bits per heavy atom. The molecule has 8 nitrogen and oxygen atoms in total. The standard InChI is InChI=1S/C24H22N4O4/c29-21-8-7-20(22(30)26-21)28-23(31)16-6-5-13(9-17(16)24(28)32)10-27-11-18-14-3-1-2-4-15(14)19(12-27)25-18/h1-6,9,18-20,25H,7-8,10-12H2,(H,26,29,30). The van der Waals surface area contributed by atoms with E-state index >= 15 is 0 Å². The largest absolute Gasteiger partial charge is 0.301 e. The van der Waals surface area contributed by atoms with Crippen LogP contribution in [-0.4, -0.2) is 52.6 Å². The van der Waals surface area contributed by atoms with Crippen molar-refractivity contribution in [2.24, 2.45) is 0 Å². The molecule has 6 rings (SSSR count). The first-order chi connectivity index (χ1) is 15.5. The number of hydrogen-bond acceptors (Lipinski definition) is 6. The SMILES string of the molecule is O=C1CCC(N2C(=O)c3ccc(CN4CC5NC(C4)c4ccccc45)cc3C2=O)C(=O)N1. The Hall–Kier alpha value is -3.36. The second kappa shape index (κ2) is 7.08. The van der Waals surface area contributed by atoms with Gasteiger partial charge in [-0.05, 0) is 35.2 Å². The lowest BCUT2D eigenvalue weighted by atomic mass is 10.0. The quantitative estimate of drug-likeness (QED) is 0.712. The Morgan fingerprint density at radius 1 is 0.875 bits per heavy atom. The van der Waals surface area contributed by atoms with Gasteiger partial charge in [0.25, 0.3) is 11.8 Å². The van der Waals surface area contributed by atoms with E-state index in [1.807, 2.05) is 6.07 Å². The molecule has 2 bridgehead atoms. The molecule has 0 saturated carbocycles. The van der Waals surface area contributed by atoms with Crippen molar-refractivity contribution in [3.05, 3.63) is 70.3 Å². The number of piperidine rings is 1. The van der Waals surface area contributed by atoms with Gasteiger partial charge < -0.3 is 5.32 Å². The van der Waals surface area contributed by atoms with Gasteiger partial charge >= 0.3 is 0 Å². The van der Waals surface area contributed by atoms with Crippen molar-refractivity contribution in [1.82, 2.24) is 20.4 Å².